The van der Waals surface area contributed by atoms with Crippen molar-refractivity contribution in [3.05, 3.63) is 59.7 Å². The van der Waals surface area contributed by atoms with Gasteiger partial charge < -0.3 is 0 Å². The Bertz CT molecular complexity index is 967. The lowest BCUT2D eigenvalue weighted by Gasteiger charge is -2.33. The average Bonchev–Trinajstić information content (AvgIpc) is 2.53. The van der Waals surface area contributed by atoms with Crippen LogP contribution in [0.2, 0.25) is 0 Å². The molecule has 0 saturated carbocycles. The van der Waals surface area contributed by atoms with Crippen LogP contribution in [0.5, 0.6) is 0 Å². The zero-order valence-electron chi connectivity index (χ0n) is 13.3. The van der Waals surface area contributed by atoms with E-state index in [4.69, 9.17) is 0 Å². The molecule has 0 bridgehead atoms. The Kier molecular flexibility index (Phi) is 4.25. The first-order valence-electron chi connectivity index (χ1n) is 7.37. The van der Waals surface area contributed by atoms with Crippen LogP contribution in [0.15, 0.2) is 58.3 Å². The number of fused-ring (bicyclic) bond motifs is 1. The minimum absolute atomic E-state index is 0.109. The van der Waals surface area contributed by atoms with E-state index in [2.05, 4.69) is 4.72 Å². The monoisotopic (exact) mass is 366 g/mol. The van der Waals surface area contributed by atoms with Gasteiger partial charge in [0.2, 0.25) is 20.0 Å². The number of nitrogens with zero attached hydrogens (tertiary/aromatic N) is 1. The van der Waals surface area contributed by atoms with Gasteiger partial charge in [-0.15, -0.1) is 0 Å². The molecule has 3 rings (SSSR count). The number of aryl methyl sites for hydroxylation is 1. The van der Waals surface area contributed by atoms with Gasteiger partial charge in [-0.1, -0.05) is 35.9 Å². The fourth-order valence-corrected chi connectivity index (χ4v) is 5.47. The van der Waals surface area contributed by atoms with Gasteiger partial charge in [0.1, 0.15) is 0 Å². The first-order valence-corrected chi connectivity index (χ1v) is 10.3. The Hall–Kier alpha value is -1.74. The summed E-state index contributed by atoms with van der Waals surface area (Å²) in [5.41, 5.74) is 1.55. The van der Waals surface area contributed by atoms with Gasteiger partial charge in [0.05, 0.1) is 16.0 Å². The minimum atomic E-state index is -3.82. The molecular weight excluding hydrogens is 348 g/mol. The zero-order chi connectivity index (χ0) is 17.5. The number of hydrogen-bond acceptors (Lipinski definition) is 4. The molecule has 128 valence electrons. The standard InChI is InChI=1S/C16H18N2O4S2/c1-12-7-9-14(10-8-12)23(19,20)17-16-11-13-5-3-4-6-15(13)24(21,22)18(16)2/h3-10,16-17H,11H2,1-2H3. The van der Waals surface area contributed by atoms with Crippen LogP contribution in [0, 0.1) is 6.92 Å². The van der Waals surface area contributed by atoms with Crippen LogP contribution < -0.4 is 4.72 Å². The summed E-state index contributed by atoms with van der Waals surface area (Å²) in [6, 6.07) is 13.0. The van der Waals surface area contributed by atoms with E-state index in [0.717, 1.165) is 9.87 Å². The first-order chi connectivity index (χ1) is 11.2. The average molecular weight is 366 g/mol. The van der Waals surface area contributed by atoms with Crippen LogP contribution in [0.25, 0.3) is 0 Å². The van der Waals surface area contributed by atoms with Crippen LogP contribution in [0.4, 0.5) is 0 Å². The molecule has 1 atom stereocenters. The summed E-state index contributed by atoms with van der Waals surface area (Å²) in [6.45, 7) is 1.86. The number of benzene rings is 2. The molecule has 0 aliphatic carbocycles. The van der Waals surface area contributed by atoms with Crippen molar-refractivity contribution in [1.29, 1.82) is 0 Å². The highest BCUT2D eigenvalue weighted by Crippen LogP contribution is 2.28. The van der Waals surface area contributed by atoms with Crippen molar-refractivity contribution < 1.29 is 16.8 Å². The smallest absolute Gasteiger partial charge is 0.207 e. The molecule has 0 amide bonds. The lowest BCUT2D eigenvalue weighted by Crippen LogP contribution is -2.52. The predicted molar refractivity (Wildman–Crippen MR) is 90.4 cm³/mol. The van der Waals surface area contributed by atoms with E-state index in [9.17, 15) is 16.8 Å². The van der Waals surface area contributed by atoms with Crippen molar-refractivity contribution in [1.82, 2.24) is 9.03 Å². The van der Waals surface area contributed by atoms with Gasteiger partial charge in [-0.3, -0.25) is 0 Å². The van der Waals surface area contributed by atoms with Crippen LogP contribution in [0.3, 0.4) is 0 Å². The third-order valence-electron chi connectivity index (χ3n) is 4.10. The molecule has 1 unspecified atom stereocenters. The summed E-state index contributed by atoms with van der Waals surface area (Å²) in [6.07, 6.45) is -0.590. The van der Waals surface area contributed by atoms with Gasteiger partial charge in [0.25, 0.3) is 0 Å². The summed E-state index contributed by atoms with van der Waals surface area (Å²) in [4.78, 5) is 0.330. The molecule has 0 spiro atoms. The Labute approximate surface area is 142 Å². The quantitative estimate of drug-likeness (QED) is 0.892. The second kappa shape index (κ2) is 5.96. The summed E-state index contributed by atoms with van der Waals surface area (Å²) in [5.74, 6) is 0. The van der Waals surface area contributed by atoms with E-state index in [1.165, 1.54) is 25.2 Å². The molecule has 0 saturated heterocycles. The molecule has 1 heterocycles. The van der Waals surface area contributed by atoms with Gasteiger partial charge in [0, 0.05) is 13.5 Å². The Morgan fingerprint density at radius 3 is 2.38 bits per heavy atom. The molecule has 1 N–H and O–H groups in total. The molecule has 24 heavy (non-hydrogen) atoms. The molecule has 8 heteroatoms. The van der Waals surface area contributed by atoms with Gasteiger partial charge in [-0.2, -0.15) is 9.03 Å². The number of hydrogen-bond donors (Lipinski definition) is 1. The fraction of sp³-hybridized carbons (Fsp3) is 0.250. The third kappa shape index (κ3) is 2.98. The van der Waals surface area contributed by atoms with Gasteiger partial charge in [-0.05, 0) is 30.7 Å². The van der Waals surface area contributed by atoms with Crippen molar-refractivity contribution in [2.45, 2.75) is 29.3 Å². The number of likely N-dealkylation sites (N-methyl/N-ethyl adjacent to an activating group) is 1. The SMILES string of the molecule is Cc1ccc(S(=O)(=O)NC2Cc3ccccc3S(=O)(=O)N2C)cc1. The van der Waals surface area contributed by atoms with E-state index < -0.39 is 26.2 Å². The van der Waals surface area contributed by atoms with Crippen LogP contribution >= 0.6 is 0 Å². The number of rotatable bonds is 3. The van der Waals surface area contributed by atoms with Crippen molar-refractivity contribution in [3.8, 4) is 0 Å². The molecule has 0 aromatic heterocycles. The Morgan fingerprint density at radius 1 is 1.08 bits per heavy atom. The summed E-state index contributed by atoms with van der Waals surface area (Å²) < 4.78 is 53.8. The lowest BCUT2D eigenvalue weighted by atomic mass is 10.1. The molecule has 1 aliphatic heterocycles. The van der Waals surface area contributed by atoms with Crippen molar-refractivity contribution in [3.63, 3.8) is 0 Å². The van der Waals surface area contributed by atoms with Gasteiger partial charge >= 0.3 is 0 Å². The second-order valence-electron chi connectivity index (χ2n) is 5.78. The Balaban J connectivity index is 1.95. The van der Waals surface area contributed by atoms with Gasteiger partial charge in [-0.25, -0.2) is 16.8 Å². The topological polar surface area (TPSA) is 83.5 Å². The van der Waals surface area contributed by atoms with E-state index in [-0.39, 0.29) is 16.2 Å². The predicted octanol–water partition coefficient (Wildman–Crippen LogP) is 1.48. The van der Waals surface area contributed by atoms with E-state index >= 15 is 0 Å². The van der Waals surface area contributed by atoms with Crippen molar-refractivity contribution in [2.24, 2.45) is 0 Å². The molecule has 6 nitrogen and oxygen atoms in total. The first kappa shape index (κ1) is 17.1. The Morgan fingerprint density at radius 2 is 1.71 bits per heavy atom. The highest BCUT2D eigenvalue weighted by Gasteiger charge is 2.37. The highest BCUT2D eigenvalue weighted by atomic mass is 32.2. The maximum absolute atomic E-state index is 12.6. The second-order valence-corrected chi connectivity index (χ2v) is 9.46. The normalized spacial score (nSPS) is 20.5. The highest BCUT2D eigenvalue weighted by molar-refractivity contribution is 7.90. The minimum Gasteiger partial charge on any atom is -0.207 e. The van der Waals surface area contributed by atoms with E-state index in [0.29, 0.717) is 5.56 Å². The summed E-state index contributed by atoms with van der Waals surface area (Å²) in [5, 5.41) is 0. The maximum Gasteiger partial charge on any atom is 0.244 e. The zero-order valence-corrected chi connectivity index (χ0v) is 14.9. The third-order valence-corrected chi connectivity index (χ3v) is 7.55. The molecule has 2 aromatic rings. The molecule has 0 radical (unpaired) electrons. The largest absolute Gasteiger partial charge is 0.244 e. The van der Waals surface area contributed by atoms with Gasteiger partial charge in [0.15, 0.2) is 0 Å². The van der Waals surface area contributed by atoms with Crippen LogP contribution in [-0.4, -0.2) is 34.4 Å². The van der Waals surface area contributed by atoms with Crippen LogP contribution in [-0.2, 0) is 26.5 Å². The number of sulfonamides is 2. The van der Waals surface area contributed by atoms with Crippen molar-refractivity contribution >= 4 is 20.0 Å². The van der Waals surface area contributed by atoms with E-state index in [1.807, 2.05) is 6.92 Å². The molecule has 0 fully saturated rings. The summed E-state index contributed by atoms with van der Waals surface area (Å²) >= 11 is 0. The number of nitrogens with one attached hydrogen (secondary N) is 1. The maximum atomic E-state index is 12.6. The van der Waals surface area contributed by atoms with Crippen molar-refractivity contribution in [2.75, 3.05) is 7.05 Å². The summed E-state index contributed by atoms with van der Waals surface area (Å²) in [7, 11) is -6.16. The van der Waals surface area contributed by atoms with E-state index in [1.54, 1.807) is 30.3 Å². The molecule has 1 aliphatic rings. The molecular formula is C16H18N2O4S2. The van der Waals surface area contributed by atoms with Crippen LogP contribution in [0.1, 0.15) is 11.1 Å². The fourth-order valence-electron chi connectivity index (χ4n) is 2.66. The lowest BCUT2D eigenvalue weighted by molar-refractivity contribution is 0.333. The molecule has 2 aromatic carbocycles.